The Hall–Kier alpha value is -2.46. The Bertz CT molecular complexity index is 664. The molecule has 25 heavy (non-hydrogen) atoms. The van der Waals surface area contributed by atoms with Crippen molar-refractivity contribution in [2.45, 2.75) is 33.2 Å². The molecule has 132 valence electrons. The lowest BCUT2D eigenvalue weighted by atomic mass is 10.0. The molecule has 4 nitrogen and oxygen atoms in total. The summed E-state index contributed by atoms with van der Waals surface area (Å²) in [6.45, 7) is 9.33. The third kappa shape index (κ3) is 4.54. The topological polar surface area (TPSA) is 41.9 Å². The van der Waals surface area contributed by atoms with Crippen molar-refractivity contribution >= 4 is 11.7 Å². The predicted octanol–water partition coefficient (Wildman–Crippen LogP) is 4.10. The molecule has 2 rings (SSSR count). The molecule has 4 heteroatoms. The predicted molar refractivity (Wildman–Crippen MR) is 102 cm³/mol. The molecule has 0 aromatic heterocycles. The number of oxime groups is 1. The molecule has 0 aliphatic carbocycles. The van der Waals surface area contributed by atoms with Crippen molar-refractivity contribution in [1.29, 1.82) is 0 Å². The number of benzene rings is 2. The van der Waals surface area contributed by atoms with Gasteiger partial charge in [0.15, 0.2) is 0 Å². The van der Waals surface area contributed by atoms with Crippen molar-refractivity contribution in [3.63, 3.8) is 0 Å². The van der Waals surface area contributed by atoms with Gasteiger partial charge in [0, 0.05) is 11.1 Å². The van der Waals surface area contributed by atoms with E-state index >= 15 is 0 Å². The van der Waals surface area contributed by atoms with E-state index in [1.54, 1.807) is 0 Å². The molecule has 0 saturated carbocycles. The van der Waals surface area contributed by atoms with E-state index in [4.69, 9.17) is 4.84 Å². The highest BCUT2D eigenvalue weighted by Crippen LogP contribution is 2.17. The van der Waals surface area contributed by atoms with E-state index in [9.17, 15) is 4.79 Å². The van der Waals surface area contributed by atoms with Gasteiger partial charge in [-0.1, -0.05) is 79.7 Å². The van der Waals surface area contributed by atoms with Crippen molar-refractivity contribution in [3.05, 3.63) is 71.8 Å². The Morgan fingerprint density at radius 1 is 0.920 bits per heavy atom. The first-order valence-corrected chi connectivity index (χ1v) is 8.66. The van der Waals surface area contributed by atoms with Crippen LogP contribution in [0, 0.1) is 0 Å². The second-order valence-corrected chi connectivity index (χ2v) is 6.28. The Labute approximate surface area is 150 Å². The van der Waals surface area contributed by atoms with Gasteiger partial charge < -0.3 is 4.84 Å². The second-order valence-electron chi connectivity index (χ2n) is 6.28. The highest BCUT2D eigenvalue weighted by atomic mass is 16.7. The Kier molecular flexibility index (Phi) is 6.48. The van der Waals surface area contributed by atoms with Crippen molar-refractivity contribution < 1.29 is 9.63 Å². The van der Waals surface area contributed by atoms with Crippen molar-refractivity contribution in [1.82, 2.24) is 4.90 Å². The number of rotatable bonds is 7. The summed E-state index contributed by atoms with van der Waals surface area (Å²) < 4.78 is 0. The largest absolute Gasteiger partial charge is 0.354 e. The fraction of sp³-hybridized carbons (Fsp3) is 0.333. The quantitative estimate of drug-likeness (QED) is 0.433. The molecular formula is C21H26N2O2. The molecule has 0 bridgehead atoms. The van der Waals surface area contributed by atoms with Crippen LogP contribution in [0.2, 0.25) is 0 Å². The summed E-state index contributed by atoms with van der Waals surface area (Å²) in [5.74, 6) is -0.361. The smallest absolute Gasteiger partial charge is 0.316 e. The molecule has 0 fully saturated rings. The van der Waals surface area contributed by atoms with Crippen LogP contribution in [-0.2, 0) is 9.63 Å². The van der Waals surface area contributed by atoms with E-state index in [0.717, 1.165) is 24.2 Å². The van der Waals surface area contributed by atoms with E-state index in [2.05, 4.69) is 10.1 Å². The fourth-order valence-electron chi connectivity index (χ4n) is 2.81. The van der Waals surface area contributed by atoms with Gasteiger partial charge in [-0.2, -0.15) is 0 Å². The second kappa shape index (κ2) is 8.58. The van der Waals surface area contributed by atoms with Gasteiger partial charge in [-0.3, -0.25) is 4.90 Å². The number of carbonyl (C=O) groups excluding carboxylic acids is 1. The maximum atomic E-state index is 12.6. The third-order valence-corrected chi connectivity index (χ3v) is 4.37. The molecule has 0 aliphatic rings. The zero-order chi connectivity index (χ0) is 18.3. The average molecular weight is 338 g/mol. The van der Waals surface area contributed by atoms with Crippen LogP contribution in [0.1, 0.15) is 38.8 Å². The van der Waals surface area contributed by atoms with Gasteiger partial charge in [0.1, 0.15) is 11.3 Å². The zero-order valence-corrected chi connectivity index (χ0v) is 15.4. The van der Waals surface area contributed by atoms with Gasteiger partial charge in [-0.15, -0.1) is 0 Å². The lowest BCUT2D eigenvalue weighted by molar-refractivity contribution is -0.156. The third-order valence-electron chi connectivity index (χ3n) is 4.37. The van der Waals surface area contributed by atoms with Crippen molar-refractivity contribution in [2.24, 2.45) is 5.16 Å². The van der Waals surface area contributed by atoms with Crippen LogP contribution >= 0.6 is 0 Å². The number of nitrogens with zero attached hydrogens (tertiary/aromatic N) is 2. The van der Waals surface area contributed by atoms with Crippen LogP contribution in [0.15, 0.2) is 65.8 Å². The minimum absolute atomic E-state index is 0.361. The SMILES string of the molecule is CCN(CC)C(C)(C)C(=O)ON=C(c1ccccc1)c1ccccc1. The average Bonchev–Trinajstić information content (AvgIpc) is 2.64. The summed E-state index contributed by atoms with van der Waals surface area (Å²) in [6, 6.07) is 19.5. The molecular weight excluding hydrogens is 312 g/mol. The Morgan fingerprint density at radius 2 is 1.36 bits per heavy atom. The summed E-state index contributed by atoms with van der Waals surface area (Å²) in [5, 5.41) is 4.22. The minimum Gasteiger partial charge on any atom is -0.316 e. The first kappa shape index (κ1) is 18.9. The van der Waals surface area contributed by atoms with Crippen molar-refractivity contribution in [3.8, 4) is 0 Å². The maximum absolute atomic E-state index is 12.6. The summed E-state index contributed by atoms with van der Waals surface area (Å²) in [5.41, 5.74) is 1.72. The van der Waals surface area contributed by atoms with Crippen LogP contribution in [0.3, 0.4) is 0 Å². The van der Waals surface area contributed by atoms with Gasteiger partial charge in [-0.25, -0.2) is 4.79 Å². The monoisotopic (exact) mass is 338 g/mol. The van der Waals surface area contributed by atoms with E-state index < -0.39 is 5.54 Å². The van der Waals surface area contributed by atoms with E-state index in [0.29, 0.717) is 5.71 Å². The first-order chi connectivity index (χ1) is 12.0. The normalized spacial score (nSPS) is 11.2. The Balaban J connectivity index is 2.31. The molecule has 0 saturated heterocycles. The molecule has 2 aromatic carbocycles. The van der Waals surface area contributed by atoms with Crippen LogP contribution in [-0.4, -0.2) is 35.2 Å². The van der Waals surface area contributed by atoms with Crippen LogP contribution < -0.4 is 0 Å². The lowest BCUT2D eigenvalue weighted by Crippen LogP contribution is -2.50. The minimum atomic E-state index is -0.731. The van der Waals surface area contributed by atoms with E-state index in [1.165, 1.54) is 0 Å². The Morgan fingerprint density at radius 3 is 1.76 bits per heavy atom. The molecule has 0 amide bonds. The summed E-state index contributed by atoms with van der Waals surface area (Å²) >= 11 is 0. The van der Waals surface area contributed by atoms with Crippen LogP contribution in [0.4, 0.5) is 0 Å². The molecule has 0 radical (unpaired) electrons. The molecule has 0 heterocycles. The molecule has 0 spiro atoms. The highest BCUT2D eigenvalue weighted by Gasteiger charge is 2.35. The van der Waals surface area contributed by atoms with Gasteiger partial charge in [-0.05, 0) is 26.9 Å². The van der Waals surface area contributed by atoms with Crippen LogP contribution in [0.5, 0.6) is 0 Å². The lowest BCUT2D eigenvalue weighted by Gasteiger charge is -2.33. The van der Waals surface area contributed by atoms with Gasteiger partial charge in [0.05, 0.1) is 0 Å². The summed E-state index contributed by atoms with van der Waals surface area (Å²) in [6.07, 6.45) is 0. The molecule has 2 aromatic rings. The van der Waals surface area contributed by atoms with E-state index in [1.807, 2.05) is 88.4 Å². The summed E-state index contributed by atoms with van der Waals surface area (Å²) in [4.78, 5) is 20.0. The van der Waals surface area contributed by atoms with Gasteiger partial charge in [0.25, 0.3) is 0 Å². The zero-order valence-electron chi connectivity index (χ0n) is 15.4. The molecule has 0 unspecified atom stereocenters. The van der Waals surface area contributed by atoms with Crippen LogP contribution in [0.25, 0.3) is 0 Å². The first-order valence-electron chi connectivity index (χ1n) is 8.66. The number of carbonyl (C=O) groups is 1. The summed E-state index contributed by atoms with van der Waals surface area (Å²) in [7, 11) is 0. The van der Waals surface area contributed by atoms with Gasteiger partial charge >= 0.3 is 5.97 Å². The molecule has 0 aliphatic heterocycles. The highest BCUT2D eigenvalue weighted by molar-refractivity contribution is 6.12. The molecule has 0 N–H and O–H groups in total. The van der Waals surface area contributed by atoms with E-state index in [-0.39, 0.29) is 5.97 Å². The number of hydrogen-bond acceptors (Lipinski definition) is 4. The standard InChI is InChI=1S/C21H26N2O2/c1-5-23(6-2)21(3,4)20(24)25-22-19(17-13-9-7-10-14-17)18-15-11-8-12-16-18/h7-16H,5-6H2,1-4H3. The number of likely N-dealkylation sites (N-methyl/N-ethyl adjacent to an activating group) is 1. The van der Waals surface area contributed by atoms with Gasteiger partial charge in [0.2, 0.25) is 0 Å². The fourth-order valence-corrected chi connectivity index (χ4v) is 2.81. The number of hydrogen-bond donors (Lipinski definition) is 0. The maximum Gasteiger partial charge on any atom is 0.354 e. The van der Waals surface area contributed by atoms with Crippen molar-refractivity contribution in [2.75, 3.05) is 13.1 Å². The molecule has 0 atom stereocenters.